The summed E-state index contributed by atoms with van der Waals surface area (Å²) in [5.74, 6) is -0.353. The molecule has 0 N–H and O–H groups in total. The molecule has 1 aromatic heterocycles. The van der Waals surface area contributed by atoms with Gasteiger partial charge in [0.25, 0.3) is 0 Å². The molecular weight excluding hydrogens is 238 g/mol. The lowest BCUT2D eigenvalue weighted by molar-refractivity contribution is 0.0990. The zero-order chi connectivity index (χ0) is 13.4. The Kier molecular flexibility index (Phi) is 2.67. The fourth-order valence-corrected chi connectivity index (χ4v) is 2.40. The number of Topliss-reactive ketones (excluding diaryl/α,β-unsaturated/α-hetero) is 2. The van der Waals surface area contributed by atoms with E-state index in [1.54, 1.807) is 30.3 Å². The van der Waals surface area contributed by atoms with Gasteiger partial charge in [-0.15, -0.1) is 0 Å². The van der Waals surface area contributed by atoms with Gasteiger partial charge in [0.15, 0.2) is 11.6 Å². The first-order valence-corrected chi connectivity index (χ1v) is 6.27. The van der Waals surface area contributed by atoms with Gasteiger partial charge in [0, 0.05) is 29.6 Å². The van der Waals surface area contributed by atoms with Crippen LogP contribution < -0.4 is 0 Å². The molecule has 0 amide bonds. The Labute approximate surface area is 111 Å². The summed E-state index contributed by atoms with van der Waals surface area (Å²) in [5, 5.41) is 0. The maximum absolute atomic E-state index is 12.2. The van der Waals surface area contributed by atoms with Gasteiger partial charge in [0.1, 0.15) is 0 Å². The van der Waals surface area contributed by atoms with Gasteiger partial charge in [-0.1, -0.05) is 24.3 Å². The van der Waals surface area contributed by atoms with Crippen LogP contribution in [0.4, 0.5) is 0 Å². The molecule has 0 bridgehead atoms. The molecule has 3 nitrogen and oxygen atoms in total. The first-order valence-electron chi connectivity index (χ1n) is 6.27. The predicted molar refractivity (Wildman–Crippen MR) is 73.2 cm³/mol. The molecule has 1 aliphatic carbocycles. The quantitative estimate of drug-likeness (QED) is 0.608. The molecule has 0 unspecified atom stereocenters. The molecule has 1 aliphatic rings. The summed E-state index contributed by atoms with van der Waals surface area (Å²) >= 11 is 0. The number of fused-ring (bicyclic) bond motifs is 1. The lowest BCUT2D eigenvalue weighted by atomic mass is 10.1. The van der Waals surface area contributed by atoms with Crippen molar-refractivity contribution in [2.24, 2.45) is 0 Å². The topological polar surface area (TPSA) is 39.1 Å². The molecule has 0 saturated heterocycles. The van der Waals surface area contributed by atoms with Crippen LogP contribution in [0.5, 0.6) is 0 Å². The van der Waals surface area contributed by atoms with Crippen molar-refractivity contribution in [1.82, 2.24) is 4.57 Å². The molecule has 0 aliphatic heterocycles. The van der Waals surface area contributed by atoms with Crippen molar-refractivity contribution in [2.45, 2.75) is 13.5 Å². The molecule has 0 radical (unpaired) electrons. The second-order valence-corrected chi connectivity index (χ2v) is 4.48. The van der Waals surface area contributed by atoms with Crippen molar-refractivity contribution in [3.63, 3.8) is 0 Å². The van der Waals surface area contributed by atoms with Gasteiger partial charge in [0.2, 0.25) is 0 Å². The van der Waals surface area contributed by atoms with E-state index >= 15 is 0 Å². The molecule has 1 aromatic carbocycles. The number of ketones is 2. The van der Waals surface area contributed by atoms with Crippen molar-refractivity contribution in [3.8, 4) is 0 Å². The van der Waals surface area contributed by atoms with Crippen LogP contribution in [0, 0.1) is 0 Å². The van der Waals surface area contributed by atoms with Crippen LogP contribution in [0.1, 0.15) is 33.3 Å². The molecule has 0 spiro atoms. The number of rotatable bonds is 2. The second-order valence-electron chi connectivity index (χ2n) is 4.48. The Morgan fingerprint density at radius 3 is 2.21 bits per heavy atom. The minimum absolute atomic E-state index is 0.176. The van der Waals surface area contributed by atoms with E-state index in [2.05, 4.69) is 0 Å². The Balaban J connectivity index is 2.10. The highest BCUT2D eigenvalue weighted by Crippen LogP contribution is 2.27. The zero-order valence-corrected chi connectivity index (χ0v) is 10.6. The largest absolute Gasteiger partial charge is 0.348 e. The van der Waals surface area contributed by atoms with E-state index in [1.165, 1.54) is 0 Å². The maximum atomic E-state index is 12.2. The Morgan fingerprint density at radius 2 is 1.63 bits per heavy atom. The first kappa shape index (κ1) is 11.7. The van der Waals surface area contributed by atoms with E-state index < -0.39 is 0 Å². The van der Waals surface area contributed by atoms with Crippen LogP contribution in [0.3, 0.4) is 0 Å². The molecule has 0 atom stereocenters. The lowest BCUT2D eigenvalue weighted by Gasteiger charge is -2.01. The van der Waals surface area contributed by atoms with Crippen molar-refractivity contribution < 1.29 is 9.59 Å². The van der Waals surface area contributed by atoms with Gasteiger partial charge >= 0.3 is 0 Å². The molecule has 3 heteroatoms. The number of carbonyl (C=O) groups excluding carboxylic acids is 2. The number of aromatic nitrogens is 1. The number of hydrogen-bond donors (Lipinski definition) is 0. The molecule has 2 aromatic rings. The van der Waals surface area contributed by atoms with Crippen LogP contribution >= 0.6 is 0 Å². The Hall–Kier alpha value is -2.42. The van der Waals surface area contributed by atoms with Crippen LogP contribution in [0.15, 0.2) is 48.2 Å². The third kappa shape index (κ3) is 1.74. The fourth-order valence-electron chi connectivity index (χ4n) is 2.40. The van der Waals surface area contributed by atoms with Gasteiger partial charge in [-0.2, -0.15) is 0 Å². The Morgan fingerprint density at radius 1 is 1.00 bits per heavy atom. The molecule has 3 rings (SSSR count). The number of benzene rings is 1. The summed E-state index contributed by atoms with van der Waals surface area (Å²) in [7, 11) is 0. The van der Waals surface area contributed by atoms with Crippen molar-refractivity contribution >= 4 is 17.6 Å². The van der Waals surface area contributed by atoms with E-state index in [-0.39, 0.29) is 17.1 Å². The highest BCUT2D eigenvalue weighted by Gasteiger charge is 2.32. The number of hydrogen-bond acceptors (Lipinski definition) is 2. The van der Waals surface area contributed by atoms with Crippen molar-refractivity contribution in [1.29, 1.82) is 0 Å². The normalized spacial score (nSPS) is 13.8. The smallest absolute Gasteiger partial charge is 0.197 e. The fraction of sp³-hybridized carbons (Fsp3) is 0.125. The average Bonchev–Trinajstić information content (AvgIpc) is 2.98. The summed E-state index contributed by atoms with van der Waals surface area (Å²) in [6.45, 7) is 2.83. The van der Waals surface area contributed by atoms with E-state index in [0.29, 0.717) is 11.1 Å². The SMILES string of the molecule is CCn1cccc1C=C1C(=O)c2ccccc2C1=O. The van der Waals surface area contributed by atoms with Gasteiger partial charge in [-0.25, -0.2) is 0 Å². The van der Waals surface area contributed by atoms with Crippen molar-refractivity contribution in [3.05, 3.63) is 65.0 Å². The van der Waals surface area contributed by atoms with E-state index in [0.717, 1.165) is 12.2 Å². The lowest BCUT2D eigenvalue weighted by Crippen LogP contribution is -2.02. The van der Waals surface area contributed by atoms with Crippen LogP contribution in [-0.2, 0) is 6.54 Å². The Bertz CT molecular complexity index is 670. The van der Waals surface area contributed by atoms with Crippen LogP contribution in [-0.4, -0.2) is 16.1 Å². The highest BCUT2D eigenvalue weighted by atomic mass is 16.2. The zero-order valence-electron chi connectivity index (χ0n) is 10.6. The molecule has 1 heterocycles. The van der Waals surface area contributed by atoms with Crippen LogP contribution in [0.25, 0.3) is 6.08 Å². The third-order valence-corrected chi connectivity index (χ3v) is 3.40. The van der Waals surface area contributed by atoms with E-state index in [9.17, 15) is 9.59 Å². The molecule has 0 saturated carbocycles. The summed E-state index contributed by atoms with van der Waals surface area (Å²) in [5.41, 5.74) is 2.16. The summed E-state index contributed by atoms with van der Waals surface area (Å²) in [6.07, 6.45) is 3.62. The number of allylic oxidation sites excluding steroid dienone is 1. The van der Waals surface area contributed by atoms with Crippen LogP contribution in [0.2, 0.25) is 0 Å². The summed E-state index contributed by atoms with van der Waals surface area (Å²) in [6, 6.07) is 10.8. The summed E-state index contributed by atoms with van der Waals surface area (Å²) < 4.78 is 2.00. The predicted octanol–water partition coefficient (Wildman–Crippen LogP) is 2.97. The average molecular weight is 251 g/mol. The standard InChI is InChI=1S/C16H13NO2/c1-2-17-9-5-6-11(17)10-14-15(18)12-7-3-4-8-13(12)16(14)19/h3-10H,2H2,1H3. The molecule has 19 heavy (non-hydrogen) atoms. The first-order chi connectivity index (χ1) is 9.22. The number of aryl methyl sites for hydroxylation is 1. The highest BCUT2D eigenvalue weighted by molar-refractivity contribution is 6.41. The maximum Gasteiger partial charge on any atom is 0.197 e. The molecule has 94 valence electrons. The van der Waals surface area contributed by atoms with Gasteiger partial charge in [-0.3, -0.25) is 9.59 Å². The molecular formula is C16H13NO2. The van der Waals surface area contributed by atoms with E-state index in [1.807, 2.05) is 29.8 Å². The number of carbonyl (C=O) groups is 2. The minimum Gasteiger partial charge on any atom is -0.348 e. The third-order valence-electron chi connectivity index (χ3n) is 3.40. The van der Waals surface area contributed by atoms with Gasteiger partial charge in [0.05, 0.1) is 5.57 Å². The molecule has 0 fully saturated rings. The number of nitrogens with zero attached hydrogens (tertiary/aromatic N) is 1. The van der Waals surface area contributed by atoms with Gasteiger partial charge in [-0.05, 0) is 25.1 Å². The van der Waals surface area contributed by atoms with Gasteiger partial charge < -0.3 is 4.57 Å². The monoisotopic (exact) mass is 251 g/mol. The van der Waals surface area contributed by atoms with Crippen molar-refractivity contribution in [2.75, 3.05) is 0 Å². The summed E-state index contributed by atoms with van der Waals surface area (Å²) in [4.78, 5) is 24.5. The second kappa shape index (κ2) is 4.35. The minimum atomic E-state index is -0.176. The van der Waals surface area contributed by atoms with E-state index in [4.69, 9.17) is 0 Å².